The summed E-state index contributed by atoms with van der Waals surface area (Å²) in [6.45, 7) is 5.92. The minimum atomic E-state index is -0.175. The highest BCUT2D eigenvalue weighted by Crippen LogP contribution is 2.87. The molecule has 6 rings (SSSR count). The second-order valence-electron chi connectivity index (χ2n) is 8.28. The van der Waals surface area contributed by atoms with E-state index >= 15 is 0 Å². The van der Waals surface area contributed by atoms with Crippen molar-refractivity contribution in [3.05, 3.63) is 0 Å². The van der Waals surface area contributed by atoms with E-state index < -0.39 is 0 Å². The monoisotopic (exact) mass is 290 g/mol. The molecule has 21 heavy (non-hydrogen) atoms. The maximum Gasteiger partial charge on any atom is 0.302 e. The minimum Gasteiger partial charge on any atom is -0.465 e. The molecule has 0 aromatic heterocycles. The molecule has 6 aliphatic carbocycles. The lowest BCUT2D eigenvalue weighted by Gasteiger charge is -2.32. The lowest BCUT2D eigenvalue weighted by atomic mass is 9.71. The van der Waals surface area contributed by atoms with Crippen LogP contribution in [-0.4, -0.2) is 24.6 Å². The summed E-state index contributed by atoms with van der Waals surface area (Å²) in [5.74, 6) is 5.15. The fourth-order valence-electron chi connectivity index (χ4n) is 8.05. The van der Waals surface area contributed by atoms with Crippen molar-refractivity contribution >= 4 is 11.9 Å². The van der Waals surface area contributed by atoms with Crippen LogP contribution in [0.4, 0.5) is 0 Å². The first-order chi connectivity index (χ1) is 9.95. The van der Waals surface area contributed by atoms with E-state index in [1.807, 2.05) is 0 Å². The van der Waals surface area contributed by atoms with E-state index in [2.05, 4.69) is 6.92 Å². The summed E-state index contributed by atoms with van der Waals surface area (Å²) in [6, 6.07) is 0. The van der Waals surface area contributed by atoms with Gasteiger partial charge in [0.25, 0.3) is 0 Å². The minimum absolute atomic E-state index is 0.120. The van der Waals surface area contributed by atoms with Gasteiger partial charge in [0, 0.05) is 31.1 Å². The Bertz CT molecular complexity index is 557. The summed E-state index contributed by atoms with van der Waals surface area (Å²) in [5.41, 5.74) is 0.120. The van der Waals surface area contributed by atoms with Gasteiger partial charge in [-0.05, 0) is 41.9 Å². The molecule has 0 radical (unpaired) electrons. The number of ether oxygens (including phenoxy) is 2. The summed E-state index contributed by atoms with van der Waals surface area (Å²) in [6.07, 6.45) is 1.48. The van der Waals surface area contributed by atoms with Crippen molar-refractivity contribution in [3.8, 4) is 0 Å². The van der Waals surface area contributed by atoms with Gasteiger partial charge < -0.3 is 9.47 Å². The summed E-state index contributed by atoms with van der Waals surface area (Å²) in [7, 11) is 0. The molecule has 6 saturated carbocycles. The molecule has 6 aliphatic rings. The molecule has 0 aromatic rings. The molecular weight excluding hydrogens is 268 g/mol. The van der Waals surface area contributed by atoms with Crippen LogP contribution in [0.2, 0.25) is 0 Å². The van der Waals surface area contributed by atoms with Crippen molar-refractivity contribution in [1.82, 2.24) is 0 Å². The van der Waals surface area contributed by atoms with Gasteiger partial charge in [0.05, 0.1) is 6.61 Å². The van der Waals surface area contributed by atoms with Crippen LogP contribution in [0.25, 0.3) is 0 Å². The fourth-order valence-corrected chi connectivity index (χ4v) is 8.05. The number of esters is 2. The van der Waals surface area contributed by atoms with Crippen molar-refractivity contribution in [1.29, 1.82) is 0 Å². The number of carbonyl (C=O) groups is 2. The van der Waals surface area contributed by atoms with E-state index in [1.165, 1.54) is 20.3 Å². The van der Waals surface area contributed by atoms with Crippen LogP contribution in [0.15, 0.2) is 0 Å². The zero-order chi connectivity index (χ0) is 14.7. The van der Waals surface area contributed by atoms with Crippen LogP contribution >= 0.6 is 0 Å². The zero-order valence-corrected chi connectivity index (χ0v) is 12.7. The van der Waals surface area contributed by atoms with Gasteiger partial charge >= 0.3 is 11.9 Å². The van der Waals surface area contributed by atoms with E-state index in [4.69, 9.17) is 9.47 Å². The number of rotatable bonds is 3. The molecular formula is C17H22O4. The zero-order valence-electron chi connectivity index (χ0n) is 12.7. The van der Waals surface area contributed by atoms with Crippen molar-refractivity contribution in [2.45, 2.75) is 33.3 Å². The standard InChI is InChI=1S/C17H22O4/c1-6(18)20-5-17(3)14-9-4-8-10(14)13-15(17)11(9)12(8)16(13)21-7(2)19/h8-16H,4-5H2,1-3H3/t8-,9-,10?,11?,12?,13?,14?,15?,16?,17?/m1/s1. The number of hydrogen-bond donors (Lipinski definition) is 0. The first-order valence-corrected chi connectivity index (χ1v) is 8.25. The van der Waals surface area contributed by atoms with Gasteiger partial charge in [-0.1, -0.05) is 6.92 Å². The molecule has 0 amide bonds. The quantitative estimate of drug-likeness (QED) is 0.745. The molecule has 8 unspecified atom stereocenters. The van der Waals surface area contributed by atoms with Crippen LogP contribution < -0.4 is 0 Å². The van der Waals surface area contributed by atoms with Crippen molar-refractivity contribution in [2.24, 2.45) is 52.8 Å². The second-order valence-corrected chi connectivity index (χ2v) is 8.28. The molecule has 114 valence electrons. The Balaban J connectivity index is 1.52. The fraction of sp³-hybridized carbons (Fsp3) is 0.882. The predicted molar refractivity (Wildman–Crippen MR) is 72.8 cm³/mol. The summed E-state index contributed by atoms with van der Waals surface area (Å²) in [4.78, 5) is 22.7. The SMILES string of the molecule is CC(=O)OCC1(C)C2C3C(OC(C)=O)C4C2[C@H]2C[C@@H]4C3C21. The summed E-state index contributed by atoms with van der Waals surface area (Å²) in [5, 5.41) is 0. The summed E-state index contributed by atoms with van der Waals surface area (Å²) < 4.78 is 11.2. The van der Waals surface area contributed by atoms with Gasteiger partial charge in [0.15, 0.2) is 0 Å². The first-order valence-electron chi connectivity index (χ1n) is 8.25. The Morgan fingerprint density at radius 3 is 2.33 bits per heavy atom. The predicted octanol–water partition coefficient (Wildman–Crippen LogP) is 1.88. The molecule has 4 heteroatoms. The van der Waals surface area contributed by atoms with Crippen molar-refractivity contribution < 1.29 is 19.1 Å². The van der Waals surface area contributed by atoms with Crippen LogP contribution in [0, 0.1) is 52.8 Å². The molecule has 0 spiro atoms. The largest absolute Gasteiger partial charge is 0.465 e. The van der Waals surface area contributed by atoms with Crippen LogP contribution in [0.3, 0.4) is 0 Å². The molecule has 0 saturated heterocycles. The van der Waals surface area contributed by atoms with Crippen molar-refractivity contribution in [3.63, 3.8) is 0 Å². The maximum absolute atomic E-state index is 11.5. The third-order valence-corrected chi connectivity index (χ3v) is 7.79. The average Bonchev–Trinajstić information content (AvgIpc) is 3.11. The maximum atomic E-state index is 11.5. The van der Waals surface area contributed by atoms with E-state index in [0.717, 1.165) is 23.7 Å². The molecule has 6 fully saturated rings. The smallest absolute Gasteiger partial charge is 0.302 e. The van der Waals surface area contributed by atoms with Gasteiger partial charge in [-0.15, -0.1) is 0 Å². The summed E-state index contributed by atoms with van der Waals surface area (Å²) >= 11 is 0. The highest BCUT2D eigenvalue weighted by molar-refractivity contribution is 5.66. The molecule has 6 bridgehead atoms. The van der Waals surface area contributed by atoms with Gasteiger partial charge in [-0.2, -0.15) is 0 Å². The Kier molecular flexibility index (Phi) is 2.06. The topological polar surface area (TPSA) is 52.6 Å². The molecule has 0 aliphatic heterocycles. The van der Waals surface area contributed by atoms with Crippen LogP contribution in [0.1, 0.15) is 27.2 Å². The highest BCUT2D eigenvalue weighted by atomic mass is 16.5. The van der Waals surface area contributed by atoms with E-state index in [1.54, 1.807) is 0 Å². The molecule has 0 heterocycles. The normalized spacial score (nSPS) is 60.2. The number of carbonyl (C=O) groups excluding carboxylic acids is 2. The van der Waals surface area contributed by atoms with E-state index in [9.17, 15) is 9.59 Å². The van der Waals surface area contributed by atoms with Crippen LogP contribution in [-0.2, 0) is 19.1 Å². The number of hydrogen-bond acceptors (Lipinski definition) is 4. The molecule has 4 nitrogen and oxygen atoms in total. The van der Waals surface area contributed by atoms with Crippen LogP contribution in [0.5, 0.6) is 0 Å². The third-order valence-electron chi connectivity index (χ3n) is 7.79. The molecule has 0 aromatic carbocycles. The van der Waals surface area contributed by atoms with E-state index in [0.29, 0.717) is 30.3 Å². The Labute approximate surface area is 124 Å². The molecule has 10 atom stereocenters. The highest BCUT2D eigenvalue weighted by Gasteiger charge is 2.87. The lowest BCUT2D eigenvalue weighted by molar-refractivity contribution is -0.149. The Morgan fingerprint density at radius 2 is 1.71 bits per heavy atom. The Hall–Kier alpha value is -1.06. The van der Waals surface area contributed by atoms with Gasteiger partial charge in [-0.3, -0.25) is 9.59 Å². The van der Waals surface area contributed by atoms with Gasteiger partial charge in [0.1, 0.15) is 6.10 Å². The Morgan fingerprint density at radius 1 is 1.00 bits per heavy atom. The average molecular weight is 290 g/mol. The molecule has 0 N–H and O–H groups in total. The van der Waals surface area contributed by atoms with E-state index in [-0.39, 0.29) is 23.5 Å². The van der Waals surface area contributed by atoms with Crippen molar-refractivity contribution in [2.75, 3.05) is 6.61 Å². The first kappa shape index (κ1) is 12.5. The lowest BCUT2D eigenvalue weighted by Crippen LogP contribution is -2.32. The van der Waals surface area contributed by atoms with Gasteiger partial charge in [0.2, 0.25) is 0 Å². The van der Waals surface area contributed by atoms with Gasteiger partial charge in [-0.25, -0.2) is 0 Å². The second kappa shape index (κ2) is 3.47. The third kappa shape index (κ3) is 1.14.